The molecule has 1 aromatic rings. The van der Waals surface area contributed by atoms with E-state index in [0.29, 0.717) is 5.92 Å². The van der Waals surface area contributed by atoms with Crippen LogP contribution in [0.5, 0.6) is 0 Å². The zero-order chi connectivity index (χ0) is 13.9. The second-order valence-electron chi connectivity index (χ2n) is 6.19. The molecule has 0 amide bonds. The van der Waals surface area contributed by atoms with Crippen LogP contribution in [0.4, 0.5) is 5.69 Å². The van der Waals surface area contributed by atoms with Crippen LogP contribution in [0.3, 0.4) is 0 Å². The molecule has 0 fully saturated rings. The zero-order valence-corrected chi connectivity index (χ0v) is 12.4. The van der Waals surface area contributed by atoms with E-state index in [0.717, 1.165) is 32.2 Å². The smallest absolute Gasteiger partial charge is 0.127 e. The minimum Gasteiger partial charge on any atom is -0.370 e. The van der Waals surface area contributed by atoms with Gasteiger partial charge >= 0.3 is 0 Å². The third-order valence-electron chi connectivity index (χ3n) is 4.30. The van der Waals surface area contributed by atoms with E-state index in [-0.39, 0.29) is 5.41 Å². The Morgan fingerprint density at radius 1 is 1.42 bits per heavy atom. The summed E-state index contributed by atoms with van der Waals surface area (Å²) in [5.74, 6) is 0.626. The lowest BCUT2D eigenvalue weighted by molar-refractivity contribution is -0.115. The van der Waals surface area contributed by atoms with Gasteiger partial charge in [0.25, 0.3) is 0 Å². The highest BCUT2D eigenvalue weighted by molar-refractivity contribution is 5.63. The topological polar surface area (TPSA) is 20.3 Å². The molecule has 1 aliphatic heterocycles. The van der Waals surface area contributed by atoms with Gasteiger partial charge in [-0.25, -0.2) is 0 Å². The standard InChI is InChI=1S/C17H25NO/c1-4-10-17(3,13-19)12-18-11-9-14(2)15-7-5-6-8-16(15)18/h5-8,13-14H,4,9-12H2,1-3H3. The maximum atomic E-state index is 11.4. The molecular formula is C17H25NO. The molecule has 2 unspecified atom stereocenters. The quantitative estimate of drug-likeness (QED) is 0.745. The molecule has 0 aromatic heterocycles. The third kappa shape index (κ3) is 2.99. The molecule has 1 aliphatic rings. The van der Waals surface area contributed by atoms with E-state index in [1.807, 2.05) is 0 Å². The van der Waals surface area contributed by atoms with Crippen molar-refractivity contribution in [3.05, 3.63) is 29.8 Å². The summed E-state index contributed by atoms with van der Waals surface area (Å²) in [6, 6.07) is 8.64. The molecule has 0 saturated carbocycles. The van der Waals surface area contributed by atoms with Crippen LogP contribution < -0.4 is 4.90 Å². The zero-order valence-electron chi connectivity index (χ0n) is 12.4. The molecule has 1 heterocycles. The van der Waals surface area contributed by atoms with E-state index in [9.17, 15) is 4.79 Å². The summed E-state index contributed by atoms with van der Waals surface area (Å²) in [6.07, 6.45) is 4.35. The number of hydrogen-bond acceptors (Lipinski definition) is 2. The maximum absolute atomic E-state index is 11.4. The number of carbonyl (C=O) groups excluding carboxylic acids is 1. The summed E-state index contributed by atoms with van der Waals surface area (Å²) >= 11 is 0. The van der Waals surface area contributed by atoms with Gasteiger partial charge in [0.15, 0.2) is 0 Å². The number of hydrogen-bond donors (Lipinski definition) is 0. The van der Waals surface area contributed by atoms with Crippen molar-refractivity contribution in [3.63, 3.8) is 0 Å². The van der Waals surface area contributed by atoms with Crippen LogP contribution in [0.1, 0.15) is 51.5 Å². The van der Waals surface area contributed by atoms with E-state index in [2.05, 4.69) is 49.9 Å². The molecule has 2 atom stereocenters. The first-order valence-electron chi connectivity index (χ1n) is 7.40. The number of anilines is 1. The van der Waals surface area contributed by atoms with Gasteiger partial charge in [-0.05, 0) is 30.4 Å². The molecule has 2 nitrogen and oxygen atoms in total. The van der Waals surface area contributed by atoms with Crippen LogP contribution in [0.2, 0.25) is 0 Å². The first-order valence-corrected chi connectivity index (χ1v) is 7.40. The molecule has 0 saturated heterocycles. The van der Waals surface area contributed by atoms with Gasteiger partial charge in [0.2, 0.25) is 0 Å². The Morgan fingerprint density at radius 2 is 2.16 bits per heavy atom. The summed E-state index contributed by atoms with van der Waals surface area (Å²) in [6.45, 7) is 8.43. The molecule has 0 N–H and O–H groups in total. The number of fused-ring (bicyclic) bond motifs is 1. The lowest BCUT2D eigenvalue weighted by Gasteiger charge is -2.39. The summed E-state index contributed by atoms with van der Waals surface area (Å²) in [5.41, 5.74) is 2.53. The van der Waals surface area contributed by atoms with Gasteiger partial charge in [-0.1, -0.05) is 45.4 Å². The van der Waals surface area contributed by atoms with Gasteiger partial charge in [0.1, 0.15) is 6.29 Å². The Hall–Kier alpha value is -1.31. The monoisotopic (exact) mass is 259 g/mol. The Bertz CT molecular complexity index is 443. The highest BCUT2D eigenvalue weighted by Crippen LogP contribution is 2.36. The molecule has 2 rings (SSSR count). The average molecular weight is 259 g/mol. The maximum Gasteiger partial charge on any atom is 0.127 e. The molecule has 0 bridgehead atoms. The van der Waals surface area contributed by atoms with Crippen LogP contribution >= 0.6 is 0 Å². The van der Waals surface area contributed by atoms with E-state index in [1.54, 1.807) is 0 Å². The van der Waals surface area contributed by atoms with Gasteiger partial charge in [-0.2, -0.15) is 0 Å². The number of rotatable bonds is 5. The molecule has 19 heavy (non-hydrogen) atoms. The Kier molecular flexibility index (Phi) is 4.28. The Morgan fingerprint density at radius 3 is 2.84 bits per heavy atom. The van der Waals surface area contributed by atoms with E-state index in [4.69, 9.17) is 0 Å². The molecule has 1 aromatic carbocycles. The number of benzene rings is 1. The van der Waals surface area contributed by atoms with Gasteiger partial charge in [0, 0.05) is 24.2 Å². The third-order valence-corrected chi connectivity index (χ3v) is 4.30. The second-order valence-corrected chi connectivity index (χ2v) is 6.19. The van der Waals surface area contributed by atoms with Crippen LogP contribution in [0, 0.1) is 5.41 Å². The van der Waals surface area contributed by atoms with Crippen molar-refractivity contribution in [1.29, 1.82) is 0 Å². The van der Waals surface area contributed by atoms with Crippen molar-refractivity contribution in [2.45, 2.75) is 46.0 Å². The van der Waals surface area contributed by atoms with Crippen molar-refractivity contribution in [3.8, 4) is 0 Å². The van der Waals surface area contributed by atoms with Crippen molar-refractivity contribution in [1.82, 2.24) is 0 Å². The number of carbonyl (C=O) groups is 1. The molecular weight excluding hydrogens is 234 g/mol. The lowest BCUT2D eigenvalue weighted by atomic mass is 9.84. The first-order chi connectivity index (χ1) is 9.09. The summed E-state index contributed by atoms with van der Waals surface area (Å²) in [5, 5.41) is 0. The fraction of sp³-hybridized carbons (Fsp3) is 0.588. The largest absolute Gasteiger partial charge is 0.370 e. The lowest BCUT2D eigenvalue weighted by Crippen LogP contribution is -2.40. The average Bonchev–Trinajstić information content (AvgIpc) is 2.43. The number of aldehydes is 1. The van der Waals surface area contributed by atoms with Crippen molar-refractivity contribution >= 4 is 12.0 Å². The van der Waals surface area contributed by atoms with Crippen molar-refractivity contribution in [2.24, 2.45) is 5.41 Å². The highest BCUT2D eigenvalue weighted by Gasteiger charge is 2.29. The van der Waals surface area contributed by atoms with E-state index >= 15 is 0 Å². The van der Waals surface area contributed by atoms with E-state index in [1.165, 1.54) is 17.7 Å². The second kappa shape index (κ2) is 5.77. The minimum atomic E-state index is -0.220. The van der Waals surface area contributed by atoms with Crippen LogP contribution in [0.15, 0.2) is 24.3 Å². The van der Waals surface area contributed by atoms with Gasteiger partial charge in [-0.15, -0.1) is 0 Å². The number of para-hydroxylation sites is 1. The van der Waals surface area contributed by atoms with Crippen molar-refractivity contribution in [2.75, 3.05) is 18.0 Å². The normalized spacial score (nSPS) is 21.6. The fourth-order valence-electron chi connectivity index (χ4n) is 3.16. The summed E-state index contributed by atoms with van der Waals surface area (Å²) in [4.78, 5) is 13.8. The Balaban J connectivity index is 2.23. The first kappa shape index (κ1) is 14.1. The van der Waals surface area contributed by atoms with Gasteiger partial charge < -0.3 is 9.69 Å². The predicted octanol–water partition coefficient (Wildman–Crippen LogP) is 4.01. The fourth-order valence-corrected chi connectivity index (χ4v) is 3.16. The summed E-state index contributed by atoms with van der Waals surface area (Å²) < 4.78 is 0. The molecule has 104 valence electrons. The van der Waals surface area contributed by atoms with Crippen molar-refractivity contribution < 1.29 is 4.79 Å². The number of nitrogens with zero attached hydrogens (tertiary/aromatic N) is 1. The minimum absolute atomic E-state index is 0.220. The van der Waals surface area contributed by atoms with Gasteiger partial charge in [0.05, 0.1) is 0 Å². The summed E-state index contributed by atoms with van der Waals surface area (Å²) in [7, 11) is 0. The van der Waals surface area contributed by atoms with Crippen LogP contribution in [-0.2, 0) is 4.79 Å². The van der Waals surface area contributed by atoms with Crippen LogP contribution in [0.25, 0.3) is 0 Å². The molecule has 0 aliphatic carbocycles. The van der Waals surface area contributed by atoms with Crippen LogP contribution in [-0.4, -0.2) is 19.4 Å². The molecule has 2 heteroatoms. The van der Waals surface area contributed by atoms with Gasteiger partial charge in [-0.3, -0.25) is 0 Å². The van der Waals surface area contributed by atoms with E-state index < -0.39 is 0 Å². The Labute approximate surface area is 116 Å². The molecule has 0 spiro atoms. The highest BCUT2D eigenvalue weighted by atomic mass is 16.1. The predicted molar refractivity (Wildman–Crippen MR) is 80.8 cm³/mol. The SMILES string of the molecule is CCCC(C)(C=O)CN1CCC(C)c2ccccc21. The molecule has 0 radical (unpaired) electrons.